The molecule has 184 valence electrons. The SMILES string of the molecule is CCN(CCN)c1cccc(Nc2nc(-c3cc4c(s3)CCN(S(C)(=O)=O)C4)c3cc[nH]c3n2)c1. The number of hydrogen-bond acceptors (Lipinski definition) is 8. The number of fused-ring (bicyclic) bond motifs is 2. The van der Waals surface area contributed by atoms with E-state index in [9.17, 15) is 8.42 Å². The van der Waals surface area contributed by atoms with Crippen molar-refractivity contribution < 1.29 is 8.42 Å². The molecular formula is C24H29N7O2S2. The number of nitrogens with zero attached hydrogens (tertiary/aromatic N) is 4. The molecule has 4 heterocycles. The van der Waals surface area contributed by atoms with Gasteiger partial charge in [0.05, 0.1) is 16.8 Å². The third-order valence-electron chi connectivity index (χ3n) is 6.20. The van der Waals surface area contributed by atoms with Gasteiger partial charge in [-0.15, -0.1) is 11.3 Å². The van der Waals surface area contributed by atoms with Crippen LogP contribution in [0.5, 0.6) is 0 Å². The second kappa shape index (κ2) is 9.57. The van der Waals surface area contributed by atoms with E-state index in [1.807, 2.05) is 24.4 Å². The van der Waals surface area contributed by atoms with Crippen LogP contribution in [-0.4, -0.2) is 60.1 Å². The molecule has 0 saturated carbocycles. The molecule has 35 heavy (non-hydrogen) atoms. The summed E-state index contributed by atoms with van der Waals surface area (Å²) in [5, 5.41) is 4.30. The van der Waals surface area contributed by atoms with Crippen LogP contribution in [0, 0.1) is 0 Å². The molecular weight excluding hydrogens is 482 g/mol. The van der Waals surface area contributed by atoms with Crippen molar-refractivity contribution in [2.45, 2.75) is 19.9 Å². The van der Waals surface area contributed by atoms with E-state index in [4.69, 9.17) is 10.7 Å². The molecule has 0 amide bonds. The first-order valence-corrected chi connectivity index (χ1v) is 14.3. The molecule has 0 atom stereocenters. The Morgan fingerprint density at radius 2 is 2.11 bits per heavy atom. The van der Waals surface area contributed by atoms with Gasteiger partial charge in [0.2, 0.25) is 16.0 Å². The fraction of sp³-hybridized carbons (Fsp3) is 0.333. The first-order valence-electron chi connectivity index (χ1n) is 11.6. The molecule has 0 saturated heterocycles. The maximum atomic E-state index is 12.0. The lowest BCUT2D eigenvalue weighted by molar-refractivity contribution is 0.398. The number of anilines is 3. The second-order valence-electron chi connectivity index (χ2n) is 8.59. The Morgan fingerprint density at radius 3 is 2.89 bits per heavy atom. The van der Waals surface area contributed by atoms with Gasteiger partial charge in [-0.05, 0) is 49.2 Å². The van der Waals surface area contributed by atoms with Crippen LogP contribution in [0.25, 0.3) is 21.6 Å². The van der Waals surface area contributed by atoms with E-state index in [1.54, 1.807) is 11.3 Å². The standard InChI is InChI=1S/C24H29N7O2S2/c1-3-30(12-9-25)18-6-4-5-17(14-18)27-24-28-22(19-7-10-26-23(19)29-24)21-13-16-15-31(35(2,32)33)11-8-20(16)34-21/h4-7,10,13-14H,3,8-9,11-12,15,25H2,1-2H3,(H2,26,27,28,29). The van der Waals surface area contributed by atoms with Gasteiger partial charge in [-0.1, -0.05) is 6.07 Å². The monoisotopic (exact) mass is 511 g/mol. The number of nitrogens with one attached hydrogen (secondary N) is 2. The number of benzene rings is 1. The minimum atomic E-state index is -3.22. The van der Waals surface area contributed by atoms with Gasteiger partial charge in [-0.3, -0.25) is 0 Å². The van der Waals surface area contributed by atoms with Crippen LogP contribution >= 0.6 is 11.3 Å². The summed E-state index contributed by atoms with van der Waals surface area (Å²) in [6.45, 7) is 5.27. The molecule has 11 heteroatoms. The summed E-state index contributed by atoms with van der Waals surface area (Å²) in [6.07, 6.45) is 3.84. The van der Waals surface area contributed by atoms with Gasteiger partial charge in [0.15, 0.2) is 0 Å². The van der Waals surface area contributed by atoms with Gasteiger partial charge in [0.1, 0.15) is 5.65 Å². The van der Waals surface area contributed by atoms with Crippen LogP contribution in [0.1, 0.15) is 17.4 Å². The van der Waals surface area contributed by atoms with Gasteiger partial charge in [0.25, 0.3) is 0 Å². The van der Waals surface area contributed by atoms with Crippen LogP contribution in [0.4, 0.5) is 17.3 Å². The van der Waals surface area contributed by atoms with E-state index < -0.39 is 10.0 Å². The third-order valence-corrected chi connectivity index (χ3v) is 8.69. The Morgan fingerprint density at radius 1 is 1.26 bits per heavy atom. The van der Waals surface area contributed by atoms with Crippen molar-refractivity contribution in [2.24, 2.45) is 5.73 Å². The highest BCUT2D eigenvalue weighted by atomic mass is 32.2. The molecule has 1 aromatic carbocycles. The van der Waals surface area contributed by atoms with Crippen molar-refractivity contribution in [3.05, 3.63) is 53.0 Å². The average molecular weight is 512 g/mol. The van der Waals surface area contributed by atoms with Gasteiger partial charge >= 0.3 is 0 Å². The largest absolute Gasteiger partial charge is 0.370 e. The van der Waals surface area contributed by atoms with Gasteiger partial charge < -0.3 is 20.9 Å². The molecule has 0 radical (unpaired) electrons. The minimum absolute atomic E-state index is 0.403. The van der Waals surface area contributed by atoms with E-state index >= 15 is 0 Å². The van der Waals surface area contributed by atoms with E-state index in [1.165, 1.54) is 15.4 Å². The van der Waals surface area contributed by atoms with E-state index in [-0.39, 0.29) is 0 Å². The van der Waals surface area contributed by atoms with Crippen LogP contribution in [0.15, 0.2) is 42.6 Å². The van der Waals surface area contributed by atoms with Crippen LogP contribution in [-0.2, 0) is 23.0 Å². The molecule has 1 aliphatic heterocycles. The summed E-state index contributed by atoms with van der Waals surface area (Å²) in [7, 11) is -3.22. The van der Waals surface area contributed by atoms with Crippen molar-refractivity contribution in [1.82, 2.24) is 19.3 Å². The van der Waals surface area contributed by atoms with Crippen molar-refractivity contribution in [1.29, 1.82) is 0 Å². The van der Waals surface area contributed by atoms with Gasteiger partial charge in [-0.25, -0.2) is 13.4 Å². The highest BCUT2D eigenvalue weighted by molar-refractivity contribution is 7.88. The lowest BCUT2D eigenvalue weighted by Gasteiger charge is -2.24. The highest BCUT2D eigenvalue weighted by Gasteiger charge is 2.26. The summed E-state index contributed by atoms with van der Waals surface area (Å²) in [4.78, 5) is 17.2. The molecule has 0 fully saturated rings. The fourth-order valence-electron chi connectivity index (χ4n) is 4.43. The maximum absolute atomic E-state index is 12.0. The Kier molecular flexibility index (Phi) is 6.49. The molecule has 1 aliphatic rings. The summed E-state index contributed by atoms with van der Waals surface area (Å²) in [5.41, 5.74) is 10.4. The lowest BCUT2D eigenvalue weighted by Crippen LogP contribution is -2.34. The van der Waals surface area contributed by atoms with Gasteiger partial charge in [0, 0.05) is 60.6 Å². The molecule has 0 aliphatic carbocycles. The van der Waals surface area contributed by atoms with E-state index in [0.29, 0.717) is 32.0 Å². The summed E-state index contributed by atoms with van der Waals surface area (Å²) >= 11 is 1.68. The summed E-state index contributed by atoms with van der Waals surface area (Å²) in [6, 6.07) is 12.2. The van der Waals surface area contributed by atoms with Crippen LogP contribution in [0.2, 0.25) is 0 Å². The van der Waals surface area contributed by atoms with E-state index in [0.717, 1.165) is 51.6 Å². The number of nitrogens with two attached hydrogens (primary N) is 1. The van der Waals surface area contributed by atoms with Crippen molar-refractivity contribution in [2.75, 3.05) is 42.7 Å². The summed E-state index contributed by atoms with van der Waals surface area (Å²) in [5.74, 6) is 0.498. The van der Waals surface area contributed by atoms with Crippen LogP contribution < -0.4 is 16.0 Å². The average Bonchev–Trinajstić information content (AvgIpc) is 3.48. The number of aromatic amines is 1. The van der Waals surface area contributed by atoms with Crippen LogP contribution in [0.3, 0.4) is 0 Å². The highest BCUT2D eigenvalue weighted by Crippen LogP contribution is 2.37. The number of sulfonamides is 1. The lowest BCUT2D eigenvalue weighted by atomic mass is 10.1. The Bertz CT molecular complexity index is 1460. The van der Waals surface area contributed by atoms with Gasteiger partial charge in [-0.2, -0.15) is 9.29 Å². The van der Waals surface area contributed by atoms with E-state index in [2.05, 4.69) is 45.3 Å². The second-order valence-corrected chi connectivity index (χ2v) is 11.7. The normalized spacial score (nSPS) is 14.3. The Hall–Kier alpha value is -2.99. The molecule has 0 unspecified atom stereocenters. The zero-order valence-electron chi connectivity index (χ0n) is 19.8. The molecule has 5 rings (SSSR count). The van der Waals surface area contributed by atoms with Crippen molar-refractivity contribution in [3.8, 4) is 10.6 Å². The Labute approximate surface area is 209 Å². The molecule has 4 aromatic rings. The molecule has 0 spiro atoms. The number of H-pyrrole nitrogens is 1. The summed E-state index contributed by atoms with van der Waals surface area (Å²) < 4.78 is 25.6. The first kappa shape index (κ1) is 23.7. The van der Waals surface area contributed by atoms with Crippen molar-refractivity contribution in [3.63, 3.8) is 0 Å². The number of hydrogen-bond donors (Lipinski definition) is 3. The number of rotatable bonds is 8. The maximum Gasteiger partial charge on any atom is 0.229 e. The molecule has 9 nitrogen and oxygen atoms in total. The first-order chi connectivity index (χ1) is 16.9. The smallest absolute Gasteiger partial charge is 0.229 e. The third kappa shape index (κ3) is 4.90. The number of thiophene rings is 1. The molecule has 0 bridgehead atoms. The molecule has 4 N–H and O–H groups in total. The molecule has 3 aromatic heterocycles. The predicted octanol–water partition coefficient (Wildman–Crippen LogP) is 3.53. The number of likely N-dealkylation sites (N-methyl/N-ethyl adjacent to an activating group) is 1. The van der Waals surface area contributed by atoms with Crippen molar-refractivity contribution >= 4 is 49.7 Å². The minimum Gasteiger partial charge on any atom is -0.370 e. The quantitative estimate of drug-likeness (QED) is 0.331. The topological polar surface area (TPSA) is 120 Å². The fourth-order valence-corrected chi connectivity index (χ4v) is 6.39. The predicted molar refractivity (Wildman–Crippen MR) is 143 cm³/mol. The zero-order valence-corrected chi connectivity index (χ0v) is 21.4. The Balaban J connectivity index is 1.48. The number of aromatic nitrogens is 3. The zero-order chi connectivity index (χ0) is 24.6.